The second-order valence-electron chi connectivity index (χ2n) is 6.83. The van der Waals surface area contributed by atoms with Crippen molar-refractivity contribution in [2.24, 2.45) is 5.73 Å². The summed E-state index contributed by atoms with van der Waals surface area (Å²) in [5.41, 5.74) is 6.87. The zero-order valence-electron chi connectivity index (χ0n) is 16.4. The molecule has 0 aliphatic carbocycles. The molecule has 1 atom stereocenters. The van der Waals surface area contributed by atoms with Crippen LogP contribution in [0.15, 0.2) is 42.5 Å². The Kier molecular flexibility index (Phi) is 6.59. The molecule has 1 aliphatic rings. The average Bonchev–Trinajstić information content (AvgIpc) is 2.88. The molecule has 0 aromatic heterocycles. The number of halogens is 1. The minimum Gasteiger partial charge on any atom is -0.491 e. The molecule has 9 heteroatoms. The number of hydrogen-bond acceptors (Lipinski definition) is 5. The minimum absolute atomic E-state index is 0.103. The number of amides is 3. The van der Waals surface area contributed by atoms with Crippen molar-refractivity contribution in [3.63, 3.8) is 0 Å². The van der Waals surface area contributed by atoms with Crippen molar-refractivity contribution in [2.45, 2.75) is 19.5 Å². The van der Waals surface area contributed by atoms with Crippen molar-refractivity contribution in [3.05, 3.63) is 58.6 Å². The van der Waals surface area contributed by atoms with Crippen molar-refractivity contribution in [2.75, 3.05) is 24.7 Å². The summed E-state index contributed by atoms with van der Waals surface area (Å²) in [6, 6.07) is 10.9. The summed E-state index contributed by atoms with van der Waals surface area (Å²) in [4.78, 5) is 40.6. The molecule has 3 rings (SSSR count). The van der Waals surface area contributed by atoms with E-state index in [2.05, 4.69) is 0 Å². The zero-order chi connectivity index (χ0) is 21.8. The van der Waals surface area contributed by atoms with Crippen LogP contribution >= 0.6 is 11.6 Å². The fraction of sp³-hybridized carbons (Fsp3) is 0.286. The highest BCUT2D eigenvalue weighted by atomic mass is 35.5. The molecule has 0 radical (unpaired) electrons. The van der Waals surface area contributed by atoms with Gasteiger partial charge in [0, 0.05) is 12.2 Å². The van der Waals surface area contributed by atoms with Gasteiger partial charge in [0.25, 0.3) is 5.91 Å². The maximum absolute atomic E-state index is 13.3. The normalized spacial score (nSPS) is 14.7. The Hall–Kier alpha value is -3.10. The molecule has 0 saturated carbocycles. The number of para-hydroxylation sites is 1. The summed E-state index contributed by atoms with van der Waals surface area (Å²) in [5.74, 6) is -1.06. The van der Waals surface area contributed by atoms with E-state index in [9.17, 15) is 14.4 Å². The van der Waals surface area contributed by atoms with Gasteiger partial charge in [-0.1, -0.05) is 29.8 Å². The second-order valence-corrected chi connectivity index (χ2v) is 7.24. The molecule has 8 nitrogen and oxygen atoms in total. The summed E-state index contributed by atoms with van der Waals surface area (Å²) in [6.07, 6.45) is 0. The number of ether oxygens (including phenoxy) is 1. The lowest BCUT2D eigenvalue weighted by atomic mass is 10.1. The Morgan fingerprint density at radius 3 is 2.63 bits per heavy atom. The van der Waals surface area contributed by atoms with Crippen LogP contribution in [0.1, 0.15) is 22.8 Å². The zero-order valence-corrected chi connectivity index (χ0v) is 17.1. The van der Waals surface area contributed by atoms with Crippen LogP contribution in [0.5, 0.6) is 5.75 Å². The number of anilines is 1. The van der Waals surface area contributed by atoms with E-state index >= 15 is 0 Å². The highest BCUT2D eigenvalue weighted by Crippen LogP contribution is 2.30. The number of rotatable bonds is 6. The molecule has 3 N–H and O–H groups in total. The Morgan fingerprint density at radius 1 is 1.23 bits per heavy atom. The van der Waals surface area contributed by atoms with Gasteiger partial charge in [-0.25, -0.2) is 0 Å². The Labute approximate surface area is 178 Å². The van der Waals surface area contributed by atoms with Crippen LogP contribution in [0.4, 0.5) is 5.69 Å². The van der Waals surface area contributed by atoms with E-state index in [0.717, 1.165) is 0 Å². The second kappa shape index (κ2) is 9.15. The van der Waals surface area contributed by atoms with Gasteiger partial charge in [-0.15, -0.1) is 0 Å². The number of nitrogens with two attached hydrogens (primary N) is 1. The first kappa shape index (κ1) is 21.6. The van der Waals surface area contributed by atoms with Crippen LogP contribution < -0.4 is 15.4 Å². The number of aliphatic hydroxyl groups excluding tert-OH is 1. The molecule has 1 unspecified atom stereocenters. The van der Waals surface area contributed by atoms with Gasteiger partial charge in [0.1, 0.15) is 24.9 Å². The standard InChI is InChI=1S/C21H22ClN3O5/c1-13(20(23)28)24-11-14-4-2-3-5-18(14)25(12-19(24)27)21(29)16-7-6-15(10-17(16)22)30-9-8-26/h2-7,10,13,26H,8-9,11-12H2,1H3,(H2,23,28). The molecule has 1 aliphatic heterocycles. The monoisotopic (exact) mass is 431 g/mol. The molecule has 0 bridgehead atoms. The molecule has 2 aromatic carbocycles. The maximum Gasteiger partial charge on any atom is 0.260 e. The first-order valence-electron chi connectivity index (χ1n) is 9.35. The highest BCUT2D eigenvalue weighted by Gasteiger charge is 2.33. The van der Waals surface area contributed by atoms with Crippen molar-refractivity contribution in [3.8, 4) is 5.75 Å². The number of nitrogens with zero attached hydrogens (tertiary/aromatic N) is 2. The maximum atomic E-state index is 13.3. The van der Waals surface area contributed by atoms with Crippen LogP contribution in [0.3, 0.4) is 0 Å². The first-order valence-corrected chi connectivity index (χ1v) is 9.73. The number of aliphatic hydroxyl groups is 1. The summed E-state index contributed by atoms with van der Waals surface area (Å²) in [6.45, 7) is 1.41. The fourth-order valence-electron chi connectivity index (χ4n) is 3.25. The van der Waals surface area contributed by atoms with Crippen LogP contribution in [0.2, 0.25) is 5.02 Å². The summed E-state index contributed by atoms with van der Waals surface area (Å²) in [7, 11) is 0. The Balaban J connectivity index is 1.96. The summed E-state index contributed by atoms with van der Waals surface area (Å²) in [5, 5.41) is 9.02. The SMILES string of the molecule is CC(C(N)=O)N1Cc2ccccc2N(C(=O)c2ccc(OCCO)cc2Cl)CC1=O. The van der Waals surface area contributed by atoms with Crippen molar-refractivity contribution in [1.29, 1.82) is 0 Å². The average molecular weight is 432 g/mol. The van der Waals surface area contributed by atoms with Gasteiger partial charge in [-0.3, -0.25) is 19.3 Å². The first-order chi connectivity index (χ1) is 14.3. The van der Waals surface area contributed by atoms with E-state index in [1.165, 1.54) is 21.9 Å². The van der Waals surface area contributed by atoms with E-state index in [-0.39, 0.29) is 36.9 Å². The lowest BCUT2D eigenvalue weighted by Gasteiger charge is -2.26. The third-order valence-electron chi connectivity index (χ3n) is 4.89. The number of primary amides is 1. The predicted octanol–water partition coefficient (Wildman–Crippen LogP) is 1.57. The molecule has 30 heavy (non-hydrogen) atoms. The van der Waals surface area contributed by atoms with Gasteiger partial charge < -0.3 is 20.5 Å². The van der Waals surface area contributed by atoms with E-state index in [1.54, 1.807) is 37.3 Å². The van der Waals surface area contributed by atoms with E-state index in [1.807, 2.05) is 0 Å². The number of carbonyl (C=O) groups is 3. The molecule has 0 saturated heterocycles. The number of hydrogen-bond donors (Lipinski definition) is 2. The molecule has 158 valence electrons. The van der Waals surface area contributed by atoms with E-state index in [0.29, 0.717) is 17.0 Å². The van der Waals surface area contributed by atoms with Gasteiger partial charge >= 0.3 is 0 Å². The third-order valence-corrected chi connectivity index (χ3v) is 5.20. The molecule has 0 spiro atoms. The molecule has 2 aromatic rings. The Bertz CT molecular complexity index is 981. The van der Waals surface area contributed by atoms with E-state index in [4.69, 9.17) is 27.2 Å². The molecule has 0 fully saturated rings. The van der Waals surface area contributed by atoms with Gasteiger partial charge in [0.2, 0.25) is 11.8 Å². The van der Waals surface area contributed by atoms with Gasteiger partial charge in [-0.2, -0.15) is 0 Å². The lowest BCUT2D eigenvalue weighted by Crippen LogP contribution is -2.48. The number of fused-ring (bicyclic) bond motifs is 1. The quantitative estimate of drug-likeness (QED) is 0.720. The molecule has 3 amide bonds. The van der Waals surface area contributed by atoms with Crippen molar-refractivity contribution >= 4 is 35.0 Å². The van der Waals surface area contributed by atoms with Crippen LogP contribution in [0, 0.1) is 0 Å². The summed E-state index contributed by atoms with van der Waals surface area (Å²) >= 11 is 6.30. The van der Waals surface area contributed by atoms with Crippen LogP contribution in [-0.4, -0.2) is 53.5 Å². The lowest BCUT2D eigenvalue weighted by molar-refractivity contribution is -0.138. The van der Waals surface area contributed by atoms with Gasteiger partial charge in [0.15, 0.2) is 0 Å². The van der Waals surface area contributed by atoms with Crippen LogP contribution in [0.25, 0.3) is 0 Å². The topological polar surface area (TPSA) is 113 Å². The largest absolute Gasteiger partial charge is 0.491 e. The van der Waals surface area contributed by atoms with Crippen molar-refractivity contribution in [1.82, 2.24) is 4.90 Å². The smallest absolute Gasteiger partial charge is 0.260 e. The summed E-state index contributed by atoms with van der Waals surface area (Å²) < 4.78 is 5.31. The van der Waals surface area contributed by atoms with E-state index < -0.39 is 23.8 Å². The minimum atomic E-state index is -0.813. The number of carbonyl (C=O) groups excluding carboxylic acids is 3. The fourth-order valence-corrected chi connectivity index (χ4v) is 3.50. The highest BCUT2D eigenvalue weighted by molar-refractivity contribution is 6.34. The van der Waals surface area contributed by atoms with Crippen molar-refractivity contribution < 1.29 is 24.2 Å². The molecular formula is C21H22ClN3O5. The Morgan fingerprint density at radius 2 is 1.97 bits per heavy atom. The number of benzene rings is 2. The van der Waals surface area contributed by atoms with Gasteiger partial charge in [0.05, 0.1) is 17.2 Å². The third kappa shape index (κ3) is 4.39. The predicted molar refractivity (Wildman–Crippen MR) is 111 cm³/mol. The van der Waals surface area contributed by atoms with Crippen LogP contribution in [-0.2, 0) is 16.1 Å². The van der Waals surface area contributed by atoms with Gasteiger partial charge in [-0.05, 0) is 36.8 Å². The molecular weight excluding hydrogens is 410 g/mol. The molecule has 1 heterocycles.